The molecule has 3 N–H and O–H groups in total. The Morgan fingerprint density at radius 2 is 2.07 bits per heavy atom. The van der Waals surface area contributed by atoms with Gasteiger partial charge in [0.15, 0.2) is 0 Å². The lowest BCUT2D eigenvalue weighted by Gasteiger charge is -2.12. The maximum Gasteiger partial charge on any atom is 0.237 e. The third-order valence-electron chi connectivity index (χ3n) is 1.76. The molecule has 0 saturated heterocycles. The molecular weight excluding hydrogens is 194 g/mol. The molecule has 5 heteroatoms. The Bertz CT molecular complexity index is 229. The second-order valence-corrected chi connectivity index (χ2v) is 3.09. The van der Waals surface area contributed by atoms with Gasteiger partial charge in [-0.05, 0) is 13.8 Å². The zero-order chi connectivity index (χ0) is 11.7. The Balaban J connectivity index is 3.72. The fourth-order valence-corrected chi connectivity index (χ4v) is 0.924. The summed E-state index contributed by atoms with van der Waals surface area (Å²) in [6.07, 6.45) is 1.61. The summed E-state index contributed by atoms with van der Waals surface area (Å²) in [4.78, 5) is 22.4. The highest BCUT2D eigenvalue weighted by Gasteiger charge is 2.11. The van der Waals surface area contributed by atoms with Gasteiger partial charge >= 0.3 is 0 Å². The SMILES string of the molecule is C=CCNC(=O)C(C)NCC(=O)NCC. The van der Waals surface area contributed by atoms with Gasteiger partial charge < -0.3 is 10.6 Å². The highest BCUT2D eigenvalue weighted by atomic mass is 16.2. The van der Waals surface area contributed by atoms with Gasteiger partial charge in [-0.15, -0.1) is 6.58 Å². The van der Waals surface area contributed by atoms with E-state index in [1.54, 1.807) is 13.0 Å². The number of amides is 2. The van der Waals surface area contributed by atoms with Crippen LogP contribution in [0.1, 0.15) is 13.8 Å². The van der Waals surface area contributed by atoms with Crippen LogP contribution in [-0.4, -0.2) is 37.5 Å². The van der Waals surface area contributed by atoms with E-state index in [9.17, 15) is 9.59 Å². The van der Waals surface area contributed by atoms with Crippen molar-refractivity contribution in [2.75, 3.05) is 19.6 Å². The molecular formula is C10H19N3O2. The van der Waals surface area contributed by atoms with Crippen molar-refractivity contribution in [1.82, 2.24) is 16.0 Å². The van der Waals surface area contributed by atoms with Crippen molar-refractivity contribution in [1.29, 1.82) is 0 Å². The molecule has 0 aliphatic heterocycles. The largest absolute Gasteiger partial charge is 0.355 e. The fourth-order valence-electron chi connectivity index (χ4n) is 0.924. The van der Waals surface area contributed by atoms with E-state index in [2.05, 4.69) is 22.5 Å². The summed E-state index contributed by atoms with van der Waals surface area (Å²) in [5, 5.41) is 8.09. The van der Waals surface area contributed by atoms with Crippen LogP contribution in [0.2, 0.25) is 0 Å². The molecule has 86 valence electrons. The van der Waals surface area contributed by atoms with Crippen molar-refractivity contribution in [3.8, 4) is 0 Å². The standard InChI is InChI=1S/C10H19N3O2/c1-4-6-12-10(15)8(3)13-7-9(14)11-5-2/h4,8,13H,1,5-7H2,2-3H3,(H,11,14)(H,12,15). The Morgan fingerprint density at radius 3 is 2.60 bits per heavy atom. The van der Waals surface area contributed by atoms with E-state index in [0.29, 0.717) is 13.1 Å². The zero-order valence-corrected chi connectivity index (χ0v) is 9.30. The average molecular weight is 213 g/mol. The highest BCUT2D eigenvalue weighted by Crippen LogP contribution is 1.81. The summed E-state index contributed by atoms with van der Waals surface area (Å²) >= 11 is 0. The lowest BCUT2D eigenvalue weighted by Crippen LogP contribution is -2.46. The van der Waals surface area contributed by atoms with E-state index in [-0.39, 0.29) is 24.4 Å². The highest BCUT2D eigenvalue weighted by molar-refractivity contribution is 5.83. The number of rotatable bonds is 7. The second-order valence-electron chi connectivity index (χ2n) is 3.09. The molecule has 0 aromatic heterocycles. The monoisotopic (exact) mass is 213 g/mol. The van der Waals surface area contributed by atoms with Gasteiger partial charge in [0.05, 0.1) is 12.6 Å². The normalized spacial score (nSPS) is 11.6. The summed E-state index contributed by atoms with van der Waals surface area (Å²) in [5.41, 5.74) is 0. The van der Waals surface area contributed by atoms with Crippen LogP contribution in [0.4, 0.5) is 0 Å². The average Bonchev–Trinajstić information content (AvgIpc) is 2.22. The van der Waals surface area contributed by atoms with Crippen LogP contribution in [-0.2, 0) is 9.59 Å². The Kier molecular flexibility index (Phi) is 7.27. The third-order valence-corrected chi connectivity index (χ3v) is 1.76. The summed E-state index contributed by atoms with van der Waals surface area (Å²) in [7, 11) is 0. The third kappa shape index (κ3) is 6.68. The Labute approximate surface area is 90.3 Å². The van der Waals surface area contributed by atoms with Gasteiger partial charge in [0, 0.05) is 13.1 Å². The van der Waals surface area contributed by atoms with Gasteiger partial charge in [-0.25, -0.2) is 0 Å². The number of hydrogen-bond acceptors (Lipinski definition) is 3. The zero-order valence-electron chi connectivity index (χ0n) is 9.30. The summed E-state index contributed by atoms with van der Waals surface area (Å²) in [6.45, 7) is 8.22. The first-order valence-corrected chi connectivity index (χ1v) is 5.00. The lowest BCUT2D eigenvalue weighted by molar-refractivity contribution is -0.123. The molecule has 0 heterocycles. The molecule has 2 amide bonds. The molecule has 0 aromatic carbocycles. The van der Waals surface area contributed by atoms with Crippen molar-refractivity contribution in [2.24, 2.45) is 0 Å². The van der Waals surface area contributed by atoms with E-state index in [1.807, 2.05) is 6.92 Å². The number of carbonyl (C=O) groups excluding carboxylic acids is 2. The van der Waals surface area contributed by atoms with Gasteiger partial charge in [-0.1, -0.05) is 6.08 Å². The minimum absolute atomic E-state index is 0.110. The smallest absolute Gasteiger partial charge is 0.237 e. The van der Waals surface area contributed by atoms with Gasteiger partial charge in [-0.3, -0.25) is 14.9 Å². The van der Waals surface area contributed by atoms with Crippen LogP contribution in [0.5, 0.6) is 0 Å². The van der Waals surface area contributed by atoms with E-state index in [4.69, 9.17) is 0 Å². The lowest BCUT2D eigenvalue weighted by atomic mass is 10.3. The van der Waals surface area contributed by atoms with E-state index < -0.39 is 0 Å². The van der Waals surface area contributed by atoms with Crippen molar-refractivity contribution >= 4 is 11.8 Å². The van der Waals surface area contributed by atoms with Gasteiger partial charge in [-0.2, -0.15) is 0 Å². The topological polar surface area (TPSA) is 70.2 Å². The van der Waals surface area contributed by atoms with E-state index in [1.165, 1.54) is 0 Å². The molecule has 0 radical (unpaired) electrons. The maximum atomic E-state index is 11.3. The maximum absolute atomic E-state index is 11.3. The molecule has 1 unspecified atom stereocenters. The van der Waals surface area contributed by atoms with E-state index in [0.717, 1.165) is 0 Å². The first kappa shape index (κ1) is 13.6. The number of hydrogen-bond donors (Lipinski definition) is 3. The molecule has 0 rings (SSSR count). The van der Waals surface area contributed by atoms with Gasteiger partial charge in [0.2, 0.25) is 11.8 Å². The first-order chi connectivity index (χ1) is 7.11. The van der Waals surface area contributed by atoms with E-state index >= 15 is 0 Å². The minimum atomic E-state index is -0.382. The summed E-state index contributed by atoms with van der Waals surface area (Å²) in [5.74, 6) is -0.250. The number of likely N-dealkylation sites (N-methyl/N-ethyl adjacent to an activating group) is 1. The molecule has 0 fully saturated rings. The van der Waals surface area contributed by atoms with Crippen LogP contribution in [0, 0.1) is 0 Å². The number of nitrogens with one attached hydrogen (secondary N) is 3. The Morgan fingerprint density at radius 1 is 1.40 bits per heavy atom. The molecule has 0 aromatic rings. The molecule has 15 heavy (non-hydrogen) atoms. The Hall–Kier alpha value is -1.36. The quantitative estimate of drug-likeness (QED) is 0.495. The first-order valence-electron chi connectivity index (χ1n) is 5.00. The molecule has 0 saturated carbocycles. The summed E-state index contributed by atoms with van der Waals surface area (Å²) in [6, 6.07) is -0.382. The molecule has 5 nitrogen and oxygen atoms in total. The van der Waals surface area contributed by atoms with Crippen molar-refractivity contribution in [3.05, 3.63) is 12.7 Å². The molecule has 0 spiro atoms. The van der Waals surface area contributed by atoms with Crippen LogP contribution < -0.4 is 16.0 Å². The molecule has 0 aliphatic carbocycles. The second kappa shape index (κ2) is 7.99. The minimum Gasteiger partial charge on any atom is -0.355 e. The number of carbonyl (C=O) groups is 2. The van der Waals surface area contributed by atoms with Crippen LogP contribution in [0.25, 0.3) is 0 Å². The molecule has 0 aliphatic rings. The van der Waals surface area contributed by atoms with Crippen molar-refractivity contribution in [2.45, 2.75) is 19.9 Å². The predicted molar refractivity (Wildman–Crippen MR) is 59.4 cm³/mol. The van der Waals surface area contributed by atoms with Crippen LogP contribution in [0.15, 0.2) is 12.7 Å². The van der Waals surface area contributed by atoms with Crippen molar-refractivity contribution < 1.29 is 9.59 Å². The van der Waals surface area contributed by atoms with Gasteiger partial charge in [0.25, 0.3) is 0 Å². The van der Waals surface area contributed by atoms with Crippen LogP contribution >= 0.6 is 0 Å². The van der Waals surface area contributed by atoms with Crippen molar-refractivity contribution in [3.63, 3.8) is 0 Å². The predicted octanol–water partition coefficient (Wildman–Crippen LogP) is -0.597. The summed E-state index contributed by atoms with van der Waals surface area (Å²) < 4.78 is 0. The fraction of sp³-hybridized carbons (Fsp3) is 0.600. The van der Waals surface area contributed by atoms with Crippen LogP contribution in [0.3, 0.4) is 0 Å². The molecule has 1 atom stereocenters. The van der Waals surface area contributed by atoms with Gasteiger partial charge in [0.1, 0.15) is 0 Å². The molecule has 0 bridgehead atoms.